The summed E-state index contributed by atoms with van der Waals surface area (Å²) in [5.74, 6) is 0.149. The van der Waals surface area contributed by atoms with Crippen LogP contribution in [0, 0.1) is 0 Å². The van der Waals surface area contributed by atoms with E-state index in [9.17, 15) is 9.59 Å². The van der Waals surface area contributed by atoms with Gasteiger partial charge in [-0.25, -0.2) is 0 Å². The van der Waals surface area contributed by atoms with Crippen LogP contribution < -0.4 is 20.9 Å². The van der Waals surface area contributed by atoms with Crippen molar-refractivity contribution in [1.82, 2.24) is 21.2 Å². The lowest BCUT2D eigenvalue weighted by molar-refractivity contribution is -0.123. The fourth-order valence-electron chi connectivity index (χ4n) is 2.66. The molecule has 8 heteroatoms. The quantitative estimate of drug-likeness (QED) is 0.432. The number of carbonyl (C=O) groups is 2. The number of nitrogens with one attached hydrogen (secondary N) is 3. The van der Waals surface area contributed by atoms with Crippen molar-refractivity contribution in [3.05, 3.63) is 71.9 Å². The van der Waals surface area contributed by atoms with Crippen LogP contribution in [0.3, 0.4) is 0 Å². The van der Waals surface area contributed by atoms with Gasteiger partial charge in [-0.1, -0.05) is 44.2 Å². The molecule has 2 aromatic carbocycles. The maximum Gasteiger partial charge on any atom is 0.276 e. The van der Waals surface area contributed by atoms with Crippen molar-refractivity contribution in [2.75, 3.05) is 6.61 Å². The number of rotatable bonds is 5. The number of nitrogens with zero attached hydrogens (tertiary/aromatic N) is 1. The number of ether oxygens (including phenoxy) is 1. The third-order valence-electron chi connectivity index (χ3n) is 4.31. The summed E-state index contributed by atoms with van der Waals surface area (Å²) < 4.78 is 5.44. The zero-order chi connectivity index (χ0) is 21.5. The molecule has 3 aromatic rings. The first-order chi connectivity index (χ1) is 14.4. The number of aromatic nitrogens is 1. The molecule has 0 radical (unpaired) electrons. The Bertz CT molecular complexity index is 1070. The summed E-state index contributed by atoms with van der Waals surface area (Å²) in [6.07, 6.45) is 1.47. The number of fused-ring (bicyclic) bond motifs is 1. The van der Waals surface area contributed by atoms with Gasteiger partial charge in [0.05, 0.1) is 11.1 Å². The summed E-state index contributed by atoms with van der Waals surface area (Å²) in [6, 6.07) is 16.8. The van der Waals surface area contributed by atoms with Crippen LogP contribution in [0.1, 0.15) is 35.7 Å². The molecule has 0 spiro atoms. The van der Waals surface area contributed by atoms with Gasteiger partial charge in [0.1, 0.15) is 5.75 Å². The highest BCUT2D eigenvalue weighted by Gasteiger charge is 2.10. The number of para-hydroxylation sites is 1. The van der Waals surface area contributed by atoms with E-state index in [0.717, 1.165) is 10.9 Å². The third-order valence-corrected chi connectivity index (χ3v) is 4.52. The number of hydrogen-bond acceptors (Lipinski definition) is 5. The lowest BCUT2D eigenvalue weighted by Crippen LogP contribution is -2.49. The normalized spacial score (nSPS) is 10.5. The number of hydrogen-bond donors (Lipinski definition) is 3. The van der Waals surface area contributed by atoms with Crippen molar-refractivity contribution in [2.24, 2.45) is 0 Å². The number of amides is 2. The molecular weight excluding hydrogens is 400 g/mol. The molecule has 0 saturated heterocycles. The molecule has 1 aromatic heterocycles. The highest BCUT2D eigenvalue weighted by Crippen LogP contribution is 2.18. The predicted octanol–water partition coefficient (Wildman–Crippen LogP) is 3.07. The second-order valence-corrected chi connectivity index (χ2v) is 7.29. The molecule has 1 heterocycles. The topological polar surface area (TPSA) is 92.4 Å². The maximum atomic E-state index is 12.3. The molecule has 0 bridgehead atoms. The Morgan fingerprint density at radius 3 is 2.53 bits per heavy atom. The van der Waals surface area contributed by atoms with E-state index < -0.39 is 11.8 Å². The largest absolute Gasteiger partial charge is 0.484 e. The Hall–Kier alpha value is -3.52. The first-order valence-electron chi connectivity index (χ1n) is 9.40. The van der Waals surface area contributed by atoms with E-state index in [0.29, 0.717) is 17.2 Å². The molecule has 0 aliphatic heterocycles. The van der Waals surface area contributed by atoms with Crippen molar-refractivity contribution in [3.63, 3.8) is 0 Å². The zero-order valence-corrected chi connectivity index (χ0v) is 17.5. The molecule has 0 unspecified atom stereocenters. The van der Waals surface area contributed by atoms with Crippen LogP contribution in [0.4, 0.5) is 0 Å². The van der Waals surface area contributed by atoms with Gasteiger partial charge < -0.3 is 4.74 Å². The molecule has 0 fully saturated rings. The summed E-state index contributed by atoms with van der Waals surface area (Å²) >= 11 is 5.04. The third kappa shape index (κ3) is 5.74. The van der Waals surface area contributed by atoms with Crippen molar-refractivity contribution >= 4 is 40.0 Å². The lowest BCUT2D eigenvalue weighted by atomic mass is 10.0. The standard InChI is InChI=1S/C22H22N4O3S/c1-14(2)15-7-9-18(10-8-15)29-13-20(27)25-26-22(30)24-21(28)17-11-16-5-3-4-6-19(16)23-12-17/h3-12,14H,13H2,1-2H3,(H,25,27)(H2,24,26,28,30). The fourth-order valence-corrected chi connectivity index (χ4v) is 2.81. The Morgan fingerprint density at radius 2 is 1.80 bits per heavy atom. The van der Waals surface area contributed by atoms with E-state index in [4.69, 9.17) is 17.0 Å². The second-order valence-electron chi connectivity index (χ2n) is 6.89. The summed E-state index contributed by atoms with van der Waals surface area (Å²) in [6.45, 7) is 4.01. The van der Waals surface area contributed by atoms with E-state index in [1.807, 2.05) is 48.5 Å². The SMILES string of the molecule is CC(C)c1ccc(OCC(=O)NNC(=S)NC(=O)c2cnc3ccccc3c2)cc1. The molecule has 0 atom stereocenters. The smallest absolute Gasteiger partial charge is 0.276 e. The highest BCUT2D eigenvalue weighted by atomic mass is 32.1. The Kier molecular flexibility index (Phi) is 6.92. The average molecular weight is 423 g/mol. The van der Waals surface area contributed by atoms with E-state index in [2.05, 4.69) is 35.0 Å². The van der Waals surface area contributed by atoms with E-state index in [1.165, 1.54) is 11.8 Å². The fraction of sp³-hybridized carbons (Fsp3) is 0.182. The van der Waals surface area contributed by atoms with Gasteiger partial charge in [-0.15, -0.1) is 0 Å². The van der Waals surface area contributed by atoms with Gasteiger partial charge in [-0.2, -0.15) is 0 Å². The number of carbonyl (C=O) groups excluding carboxylic acids is 2. The molecule has 7 nitrogen and oxygen atoms in total. The van der Waals surface area contributed by atoms with Crippen molar-refractivity contribution in [2.45, 2.75) is 19.8 Å². The average Bonchev–Trinajstić information content (AvgIpc) is 2.76. The lowest BCUT2D eigenvalue weighted by Gasteiger charge is -2.12. The number of thiocarbonyl (C=S) groups is 1. The van der Waals surface area contributed by atoms with Gasteiger partial charge in [0.2, 0.25) is 0 Å². The Morgan fingerprint density at radius 1 is 1.07 bits per heavy atom. The minimum atomic E-state index is -0.438. The van der Waals surface area contributed by atoms with Crippen LogP contribution >= 0.6 is 12.2 Å². The molecule has 2 amide bonds. The molecular formula is C22H22N4O3S. The van der Waals surface area contributed by atoms with Gasteiger partial charge in [-0.3, -0.25) is 30.7 Å². The first-order valence-corrected chi connectivity index (χ1v) is 9.81. The van der Waals surface area contributed by atoms with Gasteiger partial charge >= 0.3 is 0 Å². The monoisotopic (exact) mass is 422 g/mol. The minimum Gasteiger partial charge on any atom is -0.484 e. The van der Waals surface area contributed by atoms with Crippen LogP contribution in [0.2, 0.25) is 0 Å². The summed E-state index contributed by atoms with van der Waals surface area (Å²) in [5, 5.41) is 3.30. The van der Waals surface area contributed by atoms with Crippen LogP contribution in [0.15, 0.2) is 60.8 Å². The zero-order valence-electron chi connectivity index (χ0n) is 16.6. The van der Waals surface area contributed by atoms with E-state index >= 15 is 0 Å². The van der Waals surface area contributed by atoms with E-state index in [1.54, 1.807) is 6.07 Å². The van der Waals surface area contributed by atoms with Crippen LogP contribution in [-0.4, -0.2) is 28.5 Å². The highest BCUT2D eigenvalue weighted by molar-refractivity contribution is 7.80. The summed E-state index contributed by atoms with van der Waals surface area (Å²) in [7, 11) is 0. The Balaban J connectivity index is 1.44. The van der Waals surface area contributed by atoms with Crippen molar-refractivity contribution in [3.8, 4) is 5.75 Å². The molecule has 30 heavy (non-hydrogen) atoms. The molecule has 154 valence electrons. The van der Waals surface area contributed by atoms with Gasteiger partial charge in [0, 0.05) is 11.6 Å². The number of benzene rings is 2. The van der Waals surface area contributed by atoms with Crippen molar-refractivity contribution in [1.29, 1.82) is 0 Å². The van der Waals surface area contributed by atoms with Gasteiger partial charge in [-0.05, 0) is 48.0 Å². The first kappa shape index (κ1) is 21.2. The molecule has 0 aliphatic carbocycles. The van der Waals surface area contributed by atoms with Crippen LogP contribution in [0.25, 0.3) is 10.9 Å². The Labute approximate surface area is 179 Å². The molecule has 0 saturated carbocycles. The number of pyridine rings is 1. The number of hydrazine groups is 1. The van der Waals surface area contributed by atoms with Crippen LogP contribution in [-0.2, 0) is 4.79 Å². The molecule has 0 aliphatic rings. The second kappa shape index (κ2) is 9.80. The molecule has 3 N–H and O–H groups in total. The minimum absolute atomic E-state index is 0.0391. The van der Waals surface area contributed by atoms with Crippen molar-refractivity contribution < 1.29 is 14.3 Å². The molecule has 3 rings (SSSR count). The van der Waals surface area contributed by atoms with Crippen LogP contribution in [0.5, 0.6) is 5.75 Å². The van der Waals surface area contributed by atoms with Gasteiger partial charge in [0.25, 0.3) is 11.8 Å². The van der Waals surface area contributed by atoms with E-state index in [-0.39, 0.29) is 11.7 Å². The summed E-state index contributed by atoms with van der Waals surface area (Å²) in [5.41, 5.74) is 7.21. The maximum absolute atomic E-state index is 12.3. The van der Waals surface area contributed by atoms with Gasteiger partial charge in [0.15, 0.2) is 11.7 Å². The predicted molar refractivity (Wildman–Crippen MR) is 119 cm³/mol. The summed E-state index contributed by atoms with van der Waals surface area (Å²) in [4.78, 5) is 28.5.